The average Bonchev–Trinajstić information content (AvgIpc) is 2.04. The summed E-state index contributed by atoms with van der Waals surface area (Å²) in [6.07, 6.45) is 4.18. The van der Waals surface area contributed by atoms with Gasteiger partial charge in [0.15, 0.2) is 5.69 Å². The van der Waals surface area contributed by atoms with Crippen molar-refractivity contribution in [1.29, 1.82) is 0 Å². The van der Waals surface area contributed by atoms with Gasteiger partial charge in [-0.2, -0.15) is 0 Å². The predicted octanol–water partition coefficient (Wildman–Crippen LogP) is -2.28. The molecule has 0 amide bonds. The fourth-order valence-corrected chi connectivity index (χ4v) is 1.24. The molecule has 1 aliphatic rings. The molecule has 0 radical (unpaired) electrons. The summed E-state index contributed by atoms with van der Waals surface area (Å²) in [5, 5.41) is 2.06. The minimum Gasteiger partial charge on any atom is -1.00 e. The lowest BCUT2D eigenvalue weighted by molar-refractivity contribution is -0.719. The molecule has 0 aromatic heterocycles. The molecule has 1 heterocycles. The van der Waals surface area contributed by atoms with Gasteiger partial charge < -0.3 is 24.0 Å². The van der Waals surface area contributed by atoms with Crippen LogP contribution in [-0.2, 0) is 0 Å². The van der Waals surface area contributed by atoms with Crippen LogP contribution in [-0.4, -0.2) is 12.1 Å². The number of nitrogens with zero attached hydrogens (tertiary/aromatic N) is 1. The van der Waals surface area contributed by atoms with Gasteiger partial charge in [0.2, 0.25) is 0 Å². The molecular formula is C9H11IN2. The van der Waals surface area contributed by atoms with Gasteiger partial charge in [-0.25, -0.2) is 10.4 Å². The Balaban J connectivity index is 0.000000720. The SMILES string of the molecule is CN1C=Cc2ccccc2[NH2+]1.[I-]. The summed E-state index contributed by atoms with van der Waals surface area (Å²) in [5.74, 6) is 0. The highest BCUT2D eigenvalue weighted by Crippen LogP contribution is 2.13. The molecule has 0 aliphatic carbocycles. The zero-order valence-corrected chi connectivity index (χ0v) is 9.02. The Bertz CT molecular complexity index is 296. The molecule has 1 aromatic carbocycles. The standard InChI is InChI=1S/C9H10N2.HI/c1-11-7-6-8-4-2-3-5-9(8)10-11;/h2-7,10H,1H3;1H. The van der Waals surface area contributed by atoms with E-state index < -0.39 is 0 Å². The van der Waals surface area contributed by atoms with Crippen molar-refractivity contribution >= 4 is 11.8 Å². The Kier molecular flexibility index (Phi) is 3.11. The second-order valence-electron chi connectivity index (χ2n) is 2.74. The van der Waals surface area contributed by atoms with E-state index in [2.05, 4.69) is 47.0 Å². The lowest BCUT2D eigenvalue weighted by atomic mass is 10.1. The number of hydrogen-bond acceptors (Lipinski definition) is 1. The quantitative estimate of drug-likeness (QED) is 0.321. The van der Waals surface area contributed by atoms with Crippen LogP contribution in [0.15, 0.2) is 30.5 Å². The van der Waals surface area contributed by atoms with Crippen LogP contribution in [0.1, 0.15) is 5.56 Å². The van der Waals surface area contributed by atoms with Gasteiger partial charge in [-0.3, -0.25) is 0 Å². The first-order valence-corrected chi connectivity index (χ1v) is 3.70. The third kappa shape index (κ3) is 1.78. The van der Waals surface area contributed by atoms with Crippen LogP contribution in [0.2, 0.25) is 0 Å². The molecule has 2 N–H and O–H groups in total. The molecule has 0 saturated carbocycles. The maximum Gasteiger partial charge on any atom is 0.161 e. The second kappa shape index (κ2) is 3.91. The van der Waals surface area contributed by atoms with Gasteiger partial charge in [-0.15, -0.1) is 0 Å². The highest BCUT2D eigenvalue weighted by atomic mass is 127. The van der Waals surface area contributed by atoms with Crippen LogP contribution in [0.5, 0.6) is 0 Å². The van der Waals surface area contributed by atoms with Gasteiger partial charge in [0.05, 0.1) is 13.2 Å². The Morgan fingerprint density at radius 1 is 1.25 bits per heavy atom. The van der Waals surface area contributed by atoms with Crippen molar-refractivity contribution in [2.45, 2.75) is 0 Å². The smallest absolute Gasteiger partial charge is 0.161 e. The Labute approximate surface area is 89.3 Å². The normalized spacial score (nSPS) is 13.6. The number of halogens is 1. The van der Waals surface area contributed by atoms with E-state index in [1.807, 2.05) is 7.05 Å². The van der Waals surface area contributed by atoms with Crippen molar-refractivity contribution in [1.82, 2.24) is 5.01 Å². The summed E-state index contributed by atoms with van der Waals surface area (Å²) in [6, 6.07) is 8.36. The molecule has 12 heavy (non-hydrogen) atoms. The third-order valence-corrected chi connectivity index (χ3v) is 1.83. The van der Waals surface area contributed by atoms with Crippen LogP contribution in [0.25, 0.3) is 6.08 Å². The summed E-state index contributed by atoms with van der Waals surface area (Å²) in [4.78, 5) is 0. The summed E-state index contributed by atoms with van der Waals surface area (Å²) in [5.41, 5.74) is 4.71. The first-order valence-electron chi connectivity index (χ1n) is 3.70. The molecule has 0 fully saturated rings. The van der Waals surface area contributed by atoms with E-state index in [9.17, 15) is 0 Å². The van der Waals surface area contributed by atoms with Crippen molar-refractivity contribution in [3.63, 3.8) is 0 Å². The summed E-state index contributed by atoms with van der Waals surface area (Å²) >= 11 is 0. The maximum atomic E-state index is 2.12. The molecule has 0 unspecified atom stereocenters. The number of rotatable bonds is 0. The zero-order chi connectivity index (χ0) is 7.68. The van der Waals surface area contributed by atoms with Crippen LogP contribution in [0.4, 0.5) is 5.69 Å². The molecule has 0 saturated heterocycles. The van der Waals surface area contributed by atoms with Gasteiger partial charge in [0.25, 0.3) is 0 Å². The highest BCUT2D eigenvalue weighted by Gasteiger charge is 2.08. The van der Waals surface area contributed by atoms with Gasteiger partial charge in [0.1, 0.15) is 0 Å². The van der Waals surface area contributed by atoms with E-state index in [-0.39, 0.29) is 24.0 Å². The number of nitrogens with two attached hydrogens (primary N) is 1. The van der Waals surface area contributed by atoms with Crippen LogP contribution < -0.4 is 29.4 Å². The lowest BCUT2D eigenvalue weighted by Gasteiger charge is -2.16. The van der Waals surface area contributed by atoms with Crippen molar-refractivity contribution in [2.75, 3.05) is 7.05 Å². The minimum absolute atomic E-state index is 0. The third-order valence-electron chi connectivity index (χ3n) is 1.83. The molecule has 64 valence electrons. The number of quaternary nitrogens is 1. The fraction of sp³-hybridized carbons (Fsp3) is 0.111. The average molecular weight is 274 g/mol. The van der Waals surface area contributed by atoms with Gasteiger partial charge in [-0.05, 0) is 12.1 Å². The molecular weight excluding hydrogens is 263 g/mol. The molecule has 2 nitrogen and oxygen atoms in total. The van der Waals surface area contributed by atoms with Crippen molar-refractivity contribution in [2.24, 2.45) is 0 Å². The second-order valence-corrected chi connectivity index (χ2v) is 2.74. The van der Waals surface area contributed by atoms with E-state index >= 15 is 0 Å². The van der Waals surface area contributed by atoms with Crippen LogP contribution in [0, 0.1) is 0 Å². The molecule has 0 bridgehead atoms. The molecule has 1 aromatic rings. The van der Waals surface area contributed by atoms with E-state index in [4.69, 9.17) is 0 Å². The topological polar surface area (TPSA) is 19.9 Å². The van der Waals surface area contributed by atoms with Crippen molar-refractivity contribution in [3.05, 3.63) is 36.0 Å². The zero-order valence-electron chi connectivity index (χ0n) is 6.87. The van der Waals surface area contributed by atoms with Crippen molar-refractivity contribution < 1.29 is 29.4 Å². The summed E-state index contributed by atoms with van der Waals surface area (Å²) < 4.78 is 0. The Hall–Kier alpha value is -0.550. The summed E-state index contributed by atoms with van der Waals surface area (Å²) in [7, 11) is 2.03. The lowest BCUT2D eigenvalue weighted by Crippen LogP contribution is -3.00. The molecule has 1 aliphatic heterocycles. The summed E-state index contributed by atoms with van der Waals surface area (Å²) in [6.45, 7) is 0. The maximum absolute atomic E-state index is 2.12. The monoisotopic (exact) mass is 274 g/mol. The molecule has 0 atom stereocenters. The largest absolute Gasteiger partial charge is 1.00 e. The highest BCUT2D eigenvalue weighted by molar-refractivity contribution is 5.60. The Morgan fingerprint density at radius 2 is 2.00 bits per heavy atom. The predicted molar refractivity (Wildman–Crippen MR) is 44.8 cm³/mol. The number of benzene rings is 1. The minimum atomic E-state index is 0. The first-order chi connectivity index (χ1) is 5.36. The van der Waals surface area contributed by atoms with Crippen LogP contribution in [0.3, 0.4) is 0 Å². The van der Waals surface area contributed by atoms with Crippen molar-refractivity contribution in [3.8, 4) is 0 Å². The van der Waals surface area contributed by atoms with E-state index in [1.54, 1.807) is 0 Å². The van der Waals surface area contributed by atoms with E-state index in [1.165, 1.54) is 11.3 Å². The fourth-order valence-electron chi connectivity index (χ4n) is 1.24. The first kappa shape index (κ1) is 9.54. The van der Waals surface area contributed by atoms with Gasteiger partial charge in [-0.1, -0.05) is 12.1 Å². The van der Waals surface area contributed by atoms with E-state index in [0.717, 1.165) is 0 Å². The number of hydrogen-bond donors (Lipinski definition) is 1. The van der Waals surface area contributed by atoms with Crippen LogP contribution >= 0.6 is 0 Å². The number of fused-ring (bicyclic) bond motifs is 1. The Morgan fingerprint density at radius 3 is 2.83 bits per heavy atom. The van der Waals surface area contributed by atoms with Gasteiger partial charge >= 0.3 is 0 Å². The van der Waals surface area contributed by atoms with Gasteiger partial charge in [0, 0.05) is 11.6 Å². The van der Waals surface area contributed by atoms with E-state index in [0.29, 0.717) is 0 Å². The molecule has 0 spiro atoms. The molecule has 2 rings (SSSR count). The molecule has 3 heteroatoms.